The summed E-state index contributed by atoms with van der Waals surface area (Å²) in [4.78, 5) is 2.61. The Hall–Kier alpha value is -0.190. The first-order valence-electron chi connectivity index (χ1n) is 8.96. The van der Waals surface area contributed by atoms with Gasteiger partial charge in [0.05, 0.1) is 7.11 Å². The second kappa shape index (κ2) is 17.2. The van der Waals surface area contributed by atoms with Crippen molar-refractivity contribution >= 4 is 36.4 Å². The molecule has 25 heavy (non-hydrogen) atoms. The van der Waals surface area contributed by atoms with Gasteiger partial charge in [0.25, 0.3) is 0 Å². The van der Waals surface area contributed by atoms with E-state index < -0.39 is 0 Å². The molecular weight excluding hydrogens is 379 g/mol. The fourth-order valence-corrected chi connectivity index (χ4v) is 2.83. The lowest BCUT2D eigenvalue weighted by Crippen LogP contribution is -2.29. The van der Waals surface area contributed by atoms with Gasteiger partial charge in [-0.05, 0) is 63.6 Å². The number of hydrogen-bond acceptors (Lipinski definition) is 3. The molecule has 0 atom stereocenters. The van der Waals surface area contributed by atoms with E-state index >= 15 is 0 Å². The second-order valence-corrected chi connectivity index (χ2v) is 6.47. The summed E-state index contributed by atoms with van der Waals surface area (Å²) in [5.74, 6) is 0.898. The Bertz CT molecular complexity index is 425. The van der Waals surface area contributed by atoms with Gasteiger partial charge in [-0.1, -0.05) is 38.3 Å². The zero-order valence-corrected chi connectivity index (χ0v) is 18.2. The Kier molecular flexibility index (Phi) is 18.6. The summed E-state index contributed by atoms with van der Waals surface area (Å²) >= 11 is 6.06. The molecule has 1 rings (SSSR count). The summed E-state index contributed by atoms with van der Waals surface area (Å²) in [5, 5.41) is 4.26. The lowest BCUT2D eigenvalue weighted by Gasteiger charge is -2.22. The molecule has 0 radical (unpaired) electrons. The highest BCUT2D eigenvalue weighted by atomic mass is 35.5. The number of methoxy groups -OCH3 is 1. The van der Waals surface area contributed by atoms with Gasteiger partial charge in [0.15, 0.2) is 0 Å². The topological polar surface area (TPSA) is 24.5 Å². The molecule has 0 aliphatic heterocycles. The largest absolute Gasteiger partial charge is 0.496 e. The van der Waals surface area contributed by atoms with Gasteiger partial charge in [-0.3, -0.25) is 0 Å². The number of rotatable bonds is 13. The first-order chi connectivity index (χ1) is 11.2. The van der Waals surface area contributed by atoms with Crippen molar-refractivity contribution in [3.05, 3.63) is 28.8 Å². The number of halogens is 3. The fraction of sp³-hybridized carbons (Fsp3) is 0.684. The van der Waals surface area contributed by atoms with E-state index in [4.69, 9.17) is 16.3 Å². The van der Waals surface area contributed by atoms with Crippen LogP contribution in [0.1, 0.15) is 51.5 Å². The van der Waals surface area contributed by atoms with Crippen LogP contribution in [-0.2, 0) is 6.54 Å². The van der Waals surface area contributed by atoms with Gasteiger partial charge in [0.1, 0.15) is 5.75 Å². The van der Waals surface area contributed by atoms with Crippen molar-refractivity contribution < 1.29 is 4.74 Å². The van der Waals surface area contributed by atoms with Crippen LogP contribution in [0.25, 0.3) is 0 Å². The average molecular weight is 414 g/mol. The van der Waals surface area contributed by atoms with E-state index in [0.717, 1.165) is 29.4 Å². The SMILES string of the molecule is CCCCN(CCCC)CCCNCc1cc(Cl)ccc1OC.Cl.Cl. The van der Waals surface area contributed by atoms with Crippen LogP contribution in [0.4, 0.5) is 0 Å². The van der Waals surface area contributed by atoms with Gasteiger partial charge in [-0.15, -0.1) is 24.8 Å². The van der Waals surface area contributed by atoms with Gasteiger partial charge in [0.2, 0.25) is 0 Å². The molecule has 0 aliphatic carbocycles. The maximum absolute atomic E-state index is 6.06. The molecule has 6 heteroatoms. The third-order valence-electron chi connectivity index (χ3n) is 4.04. The monoisotopic (exact) mass is 412 g/mol. The first kappa shape index (κ1) is 27.0. The number of hydrogen-bond donors (Lipinski definition) is 1. The lowest BCUT2D eigenvalue weighted by atomic mass is 10.2. The zero-order chi connectivity index (χ0) is 16.9. The molecule has 1 aromatic carbocycles. The van der Waals surface area contributed by atoms with Crippen molar-refractivity contribution in [3.8, 4) is 5.75 Å². The normalized spacial score (nSPS) is 10.3. The van der Waals surface area contributed by atoms with Crippen LogP contribution in [-0.4, -0.2) is 38.2 Å². The van der Waals surface area contributed by atoms with Crippen LogP contribution >= 0.6 is 36.4 Å². The number of nitrogens with zero attached hydrogens (tertiary/aromatic N) is 1. The molecule has 0 saturated carbocycles. The summed E-state index contributed by atoms with van der Waals surface area (Å²) in [5.41, 5.74) is 1.12. The Morgan fingerprint density at radius 3 is 2.16 bits per heavy atom. The maximum Gasteiger partial charge on any atom is 0.123 e. The summed E-state index contributed by atoms with van der Waals surface area (Å²) in [6.07, 6.45) is 6.33. The van der Waals surface area contributed by atoms with Crippen molar-refractivity contribution in [2.45, 2.75) is 52.5 Å². The lowest BCUT2D eigenvalue weighted by molar-refractivity contribution is 0.261. The van der Waals surface area contributed by atoms with E-state index in [-0.39, 0.29) is 24.8 Å². The molecule has 0 saturated heterocycles. The van der Waals surface area contributed by atoms with E-state index in [1.807, 2.05) is 18.2 Å². The summed E-state index contributed by atoms with van der Waals surface area (Å²) in [6, 6.07) is 5.77. The molecule has 0 unspecified atom stereocenters. The molecule has 148 valence electrons. The van der Waals surface area contributed by atoms with Crippen LogP contribution < -0.4 is 10.1 Å². The van der Waals surface area contributed by atoms with Crippen molar-refractivity contribution in [2.75, 3.05) is 33.3 Å². The third kappa shape index (κ3) is 11.9. The minimum Gasteiger partial charge on any atom is -0.496 e. The van der Waals surface area contributed by atoms with Crippen LogP contribution in [0.2, 0.25) is 5.02 Å². The number of benzene rings is 1. The molecule has 0 aromatic heterocycles. The highest BCUT2D eigenvalue weighted by Crippen LogP contribution is 2.22. The van der Waals surface area contributed by atoms with Crippen LogP contribution in [0.5, 0.6) is 5.75 Å². The van der Waals surface area contributed by atoms with E-state index in [1.165, 1.54) is 51.7 Å². The molecule has 0 spiro atoms. The van der Waals surface area contributed by atoms with Crippen molar-refractivity contribution in [1.29, 1.82) is 0 Å². The van der Waals surface area contributed by atoms with Crippen molar-refractivity contribution in [3.63, 3.8) is 0 Å². The van der Waals surface area contributed by atoms with Crippen LogP contribution in [0, 0.1) is 0 Å². The molecule has 0 aliphatic rings. The molecule has 0 bridgehead atoms. The quantitative estimate of drug-likeness (QED) is 0.427. The predicted molar refractivity (Wildman–Crippen MR) is 115 cm³/mol. The molecule has 0 heterocycles. The van der Waals surface area contributed by atoms with Gasteiger partial charge in [-0.25, -0.2) is 0 Å². The minimum atomic E-state index is 0. The molecule has 1 N–H and O–H groups in total. The van der Waals surface area contributed by atoms with E-state index in [0.29, 0.717) is 0 Å². The van der Waals surface area contributed by atoms with Gasteiger partial charge < -0.3 is 15.0 Å². The maximum atomic E-state index is 6.06. The molecule has 1 aromatic rings. The fourth-order valence-electron chi connectivity index (χ4n) is 2.63. The summed E-state index contributed by atoms with van der Waals surface area (Å²) < 4.78 is 5.38. The van der Waals surface area contributed by atoms with E-state index in [1.54, 1.807) is 7.11 Å². The van der Waals surface area contributed by atoms with Crippen LogP contribution in [0.3, 0.4) is 0 Å². The Balaban J connectivity index is 0. The smallest absolute Gasteiger partial charge is 0.123 e. The standard InChI is InChI=1S/C19H33ClN2O.2ClH/c1-4-6-12-22(13-7-5-2)14-8-11-21-16-17-15-18(20)9-10-19(17)23-3;;/h9-10,15,21H,4-8,11-14,16H2,1-3H3;2*1H. The van der Waals surface area contributed by atoms with Crippen LogP contribution in [0.15, 0.2) is 18.2 Å². The van der Waals surface area contributed by atoms with Gasteiger partial charge in [-0.2, -0.15) is 0 Å². The Morgan fingerprint density at radius 2 is 1.60 bits per heavy atom. The van der Waals surface area contributed by atoms with Gasteiger partial charge >= 0.3 is 0 Å². The van der Waals surface area contributed by atoms with E-state index in [2.05, 4.69) is 24.1 Å². The van der Waals surface area contributed by atoms with Crippen molar-refractivity contribution in [2.24, 2.45) is 0 Å². The third-order valence-corrected chi connectivity index (χ3v) is 4.28. The Labute approximate surface area is 171 Å². The number of ether oxygens (including phenoxy) is 1. The highest BCUT2D eigenvalue weighted by molar-refractivity contribution is 6.30. The predicted octanol–water partition coefficient (Wildman–Crippen LogP) is 5.57. The summed E-state index contributed by atoms with van der Waals surface area (Å²) in [6.45, 7) is 9.99. The minimum absolute atomic E-state index is 0. The molecular formula is C19H35Cl3N2O. The number of nitrogens with one attached hydrogen (secondary N) is 1. The second-order valence-electron chi connectivity index (χ2n) is 6.04. The molecule has 0 fully saturated rings. The molecule has 3 nitrogen and oxygen atoms in total. The highest BCUT2D eigenvalue weighted by Gasteiger charge is 2.05. The van der Waals surface area contributed by atoms with Crippen molar-refractivity contribution in [1.82, 2.24) is 10.2 Å². The van der Waals surface area contributed by atoms with E-state index in [9.17, 15) is 0 Å². The zero-order valence-electron chi connectivity index (χ0n) is 15.9. The van der Waals surface area contributed by atoms with Gasteiger partial charge in [0, 0.05) is 17.1 Å². The number of unbranched alkanes of at least 4 members (excludes halogenated alkanes) is 2. The average Bonchev–Trinajstić information content (AvgIpc) is 2.56. The molecule has 0 amide bonds. The Morgan fingerprint density at radius 1 is 1.00 bits per heavy atom. The first-order valence-corrected chi connectivity index (χ1v) is 9.34. The summed E-state index contributed by atoms with van der Waals surface area (Å²) in [7, 11) is 1.70.